The Morgan fingerprint density at radius 2 is 1.70 bits per heavy atom. The van der Waals surface area contributed by atoms with Crippen LogP contribution < -0.4 is 14.2 Å². The molecule has 0 radical (unpaired) electrons. The first kappa shape index (κ1) is 20.5. The fourth-order valence-electron chi connectivity index (χ4n) is 2.58. The van der Waals surface area contributed by atoms with Crippen LogP contribution in [0.3, 0.4) is 0 Å². The van der Waals surface area contributed by atoms with Crippen molar-refractivity contribution in [3.63, 3.8) is 0 Å². The third kappa shape index (κ3) is 6.44. The Labute approximate surface area is 160 Å². The molecule has 2 rings (SSSR count). The summed E-state index contributed by atoms with van der Waals surface area (Å²) >= 11 is 0. The minimum Gasteiger partial charge on any atom is -0.494 e. The smallest absolute Gasteiger partial charge is 0.343 e. The Morgan fingerprint density at radius 1 is 0.963 bits per heavy atom. The lowest BCUT2D eigenvalue weighted by Gasteiger charge is -2.10. The second-order valence-corrected chi connectivity index (χ2v) is 6.20. The molecule has 2 aromatic carbocycles. The molecule has 144 valence electrons. The van der Waals surface area contributed by atoms with Crippen LogP contribution >= 0.6 is 0 Å². The molecule has 0 atom stereocenters. The Morgan fingerprint density at radius 3 is 2.37 bits per heavy atom. The highest BCUT2D eigenvalue weighted by Gasteiger charge is 2.13. The van der Waals surface area contributed by atoms with Crippen molar-refractivity contribution in [2.75, 3.05) is 13.7 Å². The predicted molar refractivity (Wildman–Crippen MR) is 104 cm³/mol. The molecule has 0 aliphatic heterocycles. The summed E-state index contributed by atoms with van der Waals surface area (Å²) in [6.07, 6.45) is 6.63. The van der Waals surface area contributed by atoms with Crippen molar-refractivity contribution < 1.29 is 23.8 Å². The Bertz CT molecular complexity index is 737. The number of unbranched alkanes of at least 4 members (excludes halogenated alkanes) is 4. The van der Waals surface area contributed by atoms with Crippen molar-refractivity contribution in [2.24, 2.45) is 0 Å². The summed E-state index contributed by atoms with van der Waals surface area (Å²) < 4.78 is 16.2. The van der Waals surface area contributed by atoms with E-state index in [9.17, 15) is 9.59 Å². The van der Waals surface area contributed by atoms with E-state index in [1.807, 2.05) is 0 Å². The first-order valence-corrected chi connectivity index (χ1v) is 9.26. The molecule has 0 aliphatic carbocycles. The summed E-state index contributed by atoms with van der Waals surface area (Å²) in [5.41, 5.74) is 0.856. The topological polar surface area (TPSA) is 61.8 Å². The van der Waals surface area contributed by atoms with E-state index in [-0.39, 0.29) is 5.75 Å². The molecular formula is C22H26O5. The van der Waals surface area contributed by atoms with Crippen LogP contribution in [0.25, 0.3) is 0 Å². The van der Waals surface area contributed by atoms with E-state index in [0.717, 1.165) is 12.2 Å². The molecule has 2 aromatic rings. The van der Waals surface area contributed by atoms with Crippen LogP contribution in [0.5, 0.6) is 17.2 Å². The lowest BCUT2D eigenvalue weighted by molar-refractivity contribution is 0.0729. The summed E-state index contributed by atoms with van der Waals surface area (Å²) in [6, 6.07) is 11.5. The van der Waals surface area contributed by atoms with E-state index in [1.165, 1.54) is 44.9 Å². The number of methoxy groups -OCH3 is 1. The Kier molecular flexibility index (Phi) is 8.36. The van der Waals surface area contributed by atoms with Gasteiger partial charge >= 0.3 is 5.97 Å². The molecule has 27 heavy (non-hydrogen) atoms. The molecule has 0 fully saturated rings. The molecule has 0 saturated heterocycles. The lowest BCUT2D eigenvalue weighted by atomic mass is 10.2. The number of carbonyl (C=O) groups is 2. The number of hydrogen-bond acceptors (Lipinski definition) is 5. The predicted octanol–water partition coefficient (Wildman–Crippen LogP) is 5.08. The first-order valence-electron chi connectivity index (χ1n) is 9.26. The molecule has 0 unspecified atom stereocenters. The summed E-state index contributed by atoms with van der Waals surface area (Å²) in [5, 5.41) is 0. The zero-order chi connectivity index (χ0) is 19.5. The van der Waals surface area contributed by atoms with Crippen LogP contribution in [0, 0.1) is 0 Å². The van der Waals surface area contributed by atoms with Crippen LogP contribution in [0.2, 0.25) is 0 Å². The van der Waals surface area contributed by atoms with Crippen LogP contribution in [0.1, 0.15) is 59.7 Å². The van der Waals surface area contributed by atoms with Gasteiger partial charge in [-0.05, 0) is 48.9 Å². The van der Waals surface area contributed by atoms with Crippen molar-refractivity contribution >= 4 is 12.3 Å². The SMILES string of the molecule is CCCCCCCOc1ccc(C(=O)Oc2ccc(C=O)cc2OC)cc1. The lowest BCUT2D eigenvalue weighted by Crippen LogP contribution is -2.09. The largest absolute Gasteiger partial charge is 0.494 e. The molecule has 0 saturated carbocycles. The Balaban J connectivity index is 1.89. The highest BCUT2D eigenvalue weighted by molar-refractivity contribution is 5.91. The number of benzene rings is 2. The van der Waals surface area contributed by atoms with Crippen LogP contribution in [0.15, 0.2) is 42.5 Å². The van der Waals surface area contributed by atoms with Gasteiger partial charge in [-0.25, -0.2) is 4.79 Å². The van der Waals surface area contributed by atoms with Gasteiger partial charge in [0.25, 0.3) is 0 Å². The van der Waals surface area contributed by atoms with Crippen molar-refractivity contribution in [3.05, 3.63) is 53.6 Å². The molecule has 0 spiro atoms. The van der Waals surface area contributed by atoms with Gasteiger partial charge in [0, 0.05) is 5.56 Å². The fraction of sp³-hybridized carbons (Fsp3) is 0.364. The fourth-order valence-corrected chi connectivity index (χ4v) is 2.58. The molecular weight excluding hydrogens is 344 g/mol. The minimum atomic E-state index is -0.502. The molecule has 0 heterocycles. The maximum absolute atomic E-state index is 12.3. The summed E-state index contributed by atoms with van der Waals surface area (Å²) in [4.78, 5) is 23.1. The average molecular weight is 370 g/mol. The summed E-state index contributed by atoms with van der Waals surface area (Å²) in [5.74, 6) is 0.824. The number of ether oxygens (including phenoxy) is 3. The molecule has 0 N–H and O–H groups in total. The van der Waals surface area contributed by atoms with Gasteiger partial charge < -0.3 is 14.2 Å². The third-order valence-electron chi connectivity index (χ3n) is 4.13. The van der Waals surface area contributed by atoms with E-state index in [2.05, 4.69) is 6.92 Å². The Hall–Kier alpha value is -2.82. The maximum Gasteiger partial charge on any atom is 0.343 e. The normalized spacial score (nSPS) is 10.3. The molecule has 5 heteroatoms. The van der Waals surface area contributed by atoms with E-state index >= 15 is 0 Å². The van der Waals surface area contributed by atoms with Gasteiger partial charge in [0.2, 0.25) is 0 Å². The highest BCUT2D eigenvalue weighted by atomic mass is 16.6. The number of esters is 1. The summed E-state index contributed by atoms with van der Waals surface area (Å²) in [7, 11) is 1.45. The van der Waals surface area contributed by atoms with Gasteiger partial charge in [0.15, 0.2) is 11.5 Å². The third-order valence-corrected chi connectivity index (χ3v) is 4.13. The molecule has 5 nitrogen and oxygen atoms in total. The van der Waals surface area contributed by atoms with Gasteiger partial charge in [-0.2, -0.15) is 0 Å². The maximum atomic E-state index is 12.3. The van der Waals surface area contributed by atoms with E-state index in [0.29, 0.717) is 29.8 Å². The zero-order valence-electron chi connectivity index (χ0n) is 15.9. The number of rotatable bonds is 11. The quantitative estimate of drug-likeness (QED) is 0.239. The van der Waals surface area contributed by atoms with Gasteiger partial charge in [0.05, 0.1) is 19.3 Å². The van der Waals surface area contributed by atoms with Gasteiger partial charge in [0.1, 0.15) is 12.0 Å². The van der Waals surface area contributed by atoms with Gasteiger partial charge in [-0.3, -0.25) is 4.79 Å². The highest BCUT2D eigenvalue weighted by Crippen LogP contribution is 2.28. The molecule has 0 bridgehead atoms. The number of carbonyl (C=O) groups excluding carboxylic acids is 2. The van der Waals surface area contributed by atoms with E-state index in [1.54, 1.807) is 30.3 Å². The molecule has 0 aromatic heterocycles. The van der Waals surface area contributed by atoms with Crippen molar-refractivity contribution in [2.45, 2.75) is 39.0 Å². The number of hydrogen-bond donors (Lipinski definition) is 0. The van der Waals surface area contributed by atoms with Crippen molar-refractivity contribution in [3.8, 4) is 17.2 Å². The second-order valence-electron chi connectivity index (χ2n) is 6.20. The van der Waals surface area contributed by atoms with Crippen molar-refractivity contribution in [1.82, 2.24) is 0 Å². The number of aldehydes is 1. The van der Waals surface area contributed by atoms with Crippen LogP contribution in [0.4, 0.5) is 0 Å². The van der Waals surface area contributed by atoms with E-state index < -0.39 is 5.97 Å². The second kappa shape index (κ2) is 11.0. The van der Waals surface area contributed by atoms with Gasteiger partial charge in [-0.1, -0.05) is 32.6 Å². The average Bonchev–Trinajstić information content (AvgIpc) is 2.71. The molecule has 0 amide bonds. The van der Waals surface area contributed by atoms with Crippen LogP contribution in [-0.2, 0) is 0 Å². The van der Waals surface area contributed by atoms with E-state index in [4.69, 9.17) is 14.2 Å². The zero-order valence-corrected chi connectivity index (χ0v) is 15.9. The van der Waals surface area contributed by atoms with Gasteiger partial charge in [-0.15, -0.1) is 0 Å². The molecule has 0 aliphatic rings. The summed E-state index contributed by atoms with van der Waals surface area (Å²) in [6.45, 7) is 2.87. The standard InChI is InChI=1S/C22H26O5/c1-3-4-5-6-7-14-26-19-11-9-18(10-12-19)22(24)27-20-13-8-17(16-23)15-21(20)25-2/h8-13,15-16H,3-7,14H2,1-2H3. The van der Waals surface area contributed by atoms with Crippen LogP contribution in [-0.4, -0.2) is 26.0 Å². The monoisotopic (exact) mass is 370 g/mol. The first-order chi connectivity index (χ1) is 13.2. The van der Waals surface area contributed by atoms with Crippen molar-refractivity contribution in [1.29, 1.82) is 0 Å². The minimum absolute atomic E-state index is 0.264.